The molecule has 0 bridgehead atoms. The van der Waals surface area contributed by atoms with Crippen LogP contribution in [0.3, 0.4) is 0 Å². The summed E-state index contributed by atoms with van der Waals surface area (Å²) in [4.78, 5) is 18.6. The van der Waals surface area contributed by atoms with Crippen LogP contribution in [0.1, 0.15) is 394 Å². The van der Waals surface area contributed by atoms with E-state index >= 15 is 0 Å². The number of aliphatic carboxylic acids is 2. The molecule has 0 unspecified atom stereocenters. The number of carboxylic acids is 2. The van der Waals surface area contributed by atoms with Gasteiger partial charge in [-0.15, -0.1) is 0 Å². The van der Waals surface area contributed by atoms with Crippen molar-refractivity contribution in [2.45, 2.75) is 394 Å². The summed E-state index contributed by atoms with van der Waals surface area (Å²) >= 11 is 0. The van der Waals surface area contributed by atoms with Crippen molar-refractivity contribution in [2.75, 3.05) is 26.2 Å². The number of carbonyl (C=O) groups is 2. The number of carbonyl (C=O) groups excluding carboxylic acids is 2. The molecule has 0 saturated heterocycles. The molecular formula is C67H138N2O4. The van der Waals surface area contributed by atoms with Crippen molar-refractivity contribution in [2.24, 2.45) is 0 Å². The van der Waals surface area contributed by atoms with E-state index in [1.54, 1.807) is 0 Å². The first-order chi connectivity index (χ1) is 36.0. The van der Waals surface area contributed by atoms with Gasteiger partial charge in [-0.1, -0.05) is 336 Å². The van der Waals surface area contributed by atoms with Gasteiger partial charge in [-0.25, -0.2) is 0 Å². The monoisotopic (exact) mass is 1040 g/mol. The molecule has 0 aromatic carbocycles. The Kier molecular flexibility index (Phi) is 78.3. The molecule has 0 saturated carbocycles. The lowest BCUT2D eigenvalue weighted by atomic mass is 10.0. The largest absolute Gasteiger partial charge is 0.550 e. The Labute approximate surface area is 460 Å². The maximum Gasteiger partial charge on any atom is 0.0755 e. The van der Waals surface area contributed by atoms with Crippen molar-refractivity contribution in [1.82, 2.24) is 0 Å². The quantitative estimate of drug-likeness (QED) is 0.0467. The molecule has 0 fully saturated rings. The normalized spacial score (nSPS) is 11.1. The number of hydrogen-bond acceptors (Lipinski definition) is 4. The maximum atomic E-state index is 9.28. The lowest BCUT2D eigenvalue weighted by Crippen LogP contribution is -2.84. The number of nitrogens with two attached hydrogens (primary N) is 2. The number of unbranched alkanes of at least 4 members (excludes halogenated alkanes) is 52. The van der Waals surface area contributed by atoms with Gasteiger partial charge in [0.05, 0.1) is 26.2 Å². The van der Waals surface area contributed by atoms with Gasteiger partial charge < -0.3 is 30.4 Å². The zero-order chi connectivity index (χ0) is 53.7. The molecule has 6 nitrogen and oxygen atoms in total. The minimum Gasteiger partial charge on any atom is -0.550 e. The van der Waals surface area contributed by atoms with E-state index in [-0.39, 0.29) is 0 Å². The third-order valence-electron chi connectivity index (χ3n) is 15.3. The van der Waals surface area contributed by atoms with Crippen molar-refractivity contribution >= 4 is 11.9 Å². The Balaban J connectivity index is -0.00000118. The van der Waals surface area contributed by atoms with Gasteiger partial charge in [0.1, 0.15) is 0 Å². The van der Waals surface area contributed by atoms with E-state index in [1.807, 2.05) is 0 Å². The third-order valence-corrected chi connectivity index (χ3v) is 15.3. The van der Waals surface area contributed by atoms with Gasteiger partial charge in [0.15, 0.2) is 0 Å². The second-order valence-electron chi connectivity index (χ2n) is 23.0. The fraction of sp³-hybridized carbons (Fsp3) is 0.970. The SMILES string of the molecule is CCCCCCCCCCCCCCCCCC[NH2+]CCCCCCCCCCCCCC.CCCCCCCCCCCCCCCCCC[NH2+]CCCCCCCCCCCCCC.O=C([O-])CC(=O)[O-]. The molecule has 0 aromatic heterocycles. The number of quaternary nitrogens is 2. The molecule has 0 aromatic rings. The summed E-state index contributed by atoms with van der Waals surface area (Å²) < 4.78 is 0. The number of hydrogen-bond donors (Lipinski definition) is 2. The van der Waals surface area contributed by atoms with Gasteiger partial charge in [0.2, 0.25) is 0 Å². The molecule has 0 rings (SSSR count). The first-order valence-corrected chi connectivity index (χ1v) is 34.0. The summed E-state index contributed by atoms with van der Waals surface area (Å²) in [5, 5.41) is 23.7. The molecule has 440 valence electrons. The summed E-state index contributed by atoms with van der Waals surface area (Å²) in [6, 6.07) is 0. The Morgan fingerprint density at radius 1 is 0.205 bits per heavy atom. The van der Waals surface area contributed by atoms with Gasteiger partial charge in [-0.3, -0.25) is 0 Å². The molecule has 0 aliphatic carbocycles. The predicted octanol–water partition coefficient (Wildman–Crippen LogP) is 17.9. The standard InChI is InChI=1S/2C32H67N.C3H4O4/c2*1-3-5-7-9-11-13-15-17-18-19-20-22-24-26-28-30-32-33-31-29-27-25-23-21-16-14-12-10-8-6-4-2;4-2(5)1-3(6)7/h2*33H,3-32H2,1-2H3;1H2,(H,4,5)(H,6,7). The number of carboxylic acid groups (broad SMARTS) is 2. The topological polar surface area (TPSA) is 113 Å². The molecule has 0 amide bonds. The van der Waals surface area contributed by atoms with Gasteiger partial charge in [-0.2, -0.15) is 0 Å². The van der Waals surface area contributed by atoms with Gasteiger partial charge in [-0.05, 0) is 51.4 Å². The third kappa shape index (κ3) is 85.0. The van der Waals surface area contributed by atoms with Crippen LogP contribution < -0.4 is 20.8 Å². The molecule has 6 heteroatoms. The van der Waals surface area contributed by atoms with Gasteiger partial charge >= 0.3 is 0 Å². The van der Waals surface area contributed by atoms with E-state index in [4.69, 9.17) is 0 Å². The average Bonchev–Trinajstić information content (AvgIpc) is 3.37. The van der Waals surface area contributed by atoms with Crippen LogP contribution >= 0.6 is 0 Å². The van der Waals surface area contributed by atoms with E-state index in [9.17, 15) is 19.8 Å². The van der Waals surface area contributed by atoms with Crippen LogP contribution in [-0.4, -0.2) is 38.1 Å². The van der Waals surface area contributed by atoms with E-state index in [2.05, 4.69) is 38.3 Å². The van der Waals surface area contributed by atoms with E-state index < -0.39 is 18.4 Å². The van der Waals surface area contributed by atoms with Crippen molar-refractivity contribution in [1.29, 1.82) is 0 Å². The van der Waals surface area contributed by atoms with Gasteiger partial charge in [0, 0.05) is 18.4 Å². The van der Waals surface area contributed by atoms with Crippen molar-refractivity contribution in [3.8, 4) is 0 Å². The smallest absolute Gasteiger partial charge is 0.0755 e. The number of rotatable bonds is 62. The van der Waals surface area contributed by atoms with Gasteiger partial charge in [0.25, 0.3) is 0 Å². The fourth-order valence-electron chi connectivity index (χ4n) is 10.3. The highest BCUT2D eigenvalue weighted by Crippen LogP contribution is 2.17. The predicted molar refractivity (Wildman–Crippen MR) is 319 cm³/mol. The van der Waals surface area contributed by atoms with Crippen LogP contribution in [-0.2, 0) is 9.59 Å². The van der Waals surface area contributed by atoms with Crippen LogP contribution in [0, 0.1) is 0 Å². The summed E-state index contributed by atoms with van der Waals surface area (Å²) in [6.45, 7) is 14.7. The summed E-state index contributed by atoms with van der Waals surface area (Å²) in [5.74, 6) is -3.25. The minimum absolute atomic E-state index is 1.03. The Bertz CT molecular complexity index is 828. The molecule has 0 spiro atoms. The molecule has 0 radical (unpaired) electrons. The Hall–Kier alpha value is -1.14. The molecule has 0 aliphatic rings. The van der Waals surface area contributed by atoms with Crippen molar-refractivity contribution < 1.29 is 30.4 Å². The second kappa shape index (κ2) is 75.1. The van der Waals surface area contributed by atoms with Crippen LogP contribution in [0.4, 0.5) is 0 Å². The highest BCUT2D eigenvalue weighted by molar-refractivity contribution is 5.86. The van der Waals surface area contributed by atoms with Crippen LogP contribution in [0.25, 0.3) is 0 Å². The molecule has 4 N–H and O–H groups in total. The fourth-order valence-corrected chi connectivity index (χ4v) is 10.3. The highest BCUT2D eigenvalue weighted by atomic mass is 16.4. The van der Waals surface area contributed by atoms with E-state index in [0.29, 0.717) is 0 Å². The van der Waals surface area contributed by atoms with Crippen molar-refractivity contribution in [3.05, 3.63) is 0 Å². The van der Waals surface area contributed by atoms with Crippen molar-refractivity contribution in [3.63, 3.8) is 0 Å². The molecular weight excluding hydrogens is 897 g/mol. The Morgan fingerprint density at radius 3 is 0.411 bits per heavy atom. The lowest BCUT2D eigenvalue weighted by molar-refractivity contribution is -0.655. The summed E-state index contributed by atoms with van der Waals surface area (Å²) in [6.07, 6.45) is 81.1. The summed E-state index contributed by atoms with van der Waals surface area (Å²) in [7, 11) is 0. The molecule has 0 aliphatic heterocycles. The average molecular weight is 1040 g/mol. The maximum absolute atomic E-state index is 9.28. The second-order valence-corrected chi connectivity index (χ2v) is 23.0. The summed E-state index contributed by atoms with van der Waals surface area (Å²) in [5.41, 5.74) is 0. The first-order valence-electron chi connectivity index (χ1n) is 34.0. The minimum atomic E-state index is -1.63. The lowest BCUT2D eigenvalue weighted by Gasteiger charge is -2.04. The molecule has 73 heavy (non-hydrogen) atoms. The first kappa shape index (κ1) is 76.1. The zero-order valence-corrected chi connectivity index (χ0v) is 50.9. The van der Waals surface area contributed by atoms with Crippen LogP contribution in [0.15, 0.2) is 0 Å². The van der Waals surface area contributed by atoms with E-state index in [1.165, 1.54) is 386 Å². The van der Waals surface area contributed by atoms with Crippen LogP contribution in [0.5, 0.6) is 0 Å². The zero-order valence-electron chi connectivity index (χ0n) is 50.9. The Morgan fingerprint density at radius 2 is 0.315 bits per heavy atom. The molecule has 0 atom stereocenters. The van der Waals surface area contributed by atoms with Crippen LogP contribution in [0.2, 0.25) is 0 Å². The van der Waals surface area contributed by atoms with E-state index in [0.717, 1.165) is 0 Å². The molecule has 0 heterocycles. The highest BCUT2D eigenvalue weighted by Gasteiger charge is 2.00.